The van der Waals surface area contributed by atoms with Crippen LogP contribution in [0.5, 0.6) is 0 Å². The van der Waals surface area contributed by atoms with Crippen LogP contribution in [0.25, 0.3) is 0 Å². The van der Waals surface area contributed by atoms with Crippen molar-refractivity contribution in [3.63, 3.8) is 0 Å². The van der Waals surface area contributed by atoms with Gasteiger partial charge >= 0.3 is 0 Å². The lowest BCUT2D eigenvalue weighted by molar-refractivity contribution is -0.115. The first-order chi connectivity index (χ1) is 10.1. The molecule has 0 aliphatic carbocycles. The first kappa shape index (κ1) is 15.3. The number of furan rings is 1. The molecule has 1 amide bonds. The smallest absolute Gasteiger partial charge is 0.238 e. The molecule has 21 heavy (non-hydrogen) atoms. The van der Waals surface area contributed by atoms with Crippen molar-refractivity contribution in [2.24, 2.45) is 0 Å². The van der Waals surface area contributed by atoms with Gasteiger partial charge in [-0.2, -0.15) is 0 Å². The Labute approximate surface area is 125 Å². The summed E-state index contributed by atoms with van der Waals surface area (Å²) >= 11 is 0. The Morgan fingerprint density at radius 1 is 1.14 bits per heavy atom. The van der Waals surface area contributed by atoms with Crippen LogP contribution < -0.4 is 10.6 Å². The quantitative estimate of drug-likeness (QED) is 0.851. The SMILES string of the molecule is CC(C)c1ccccc1NC(=O)CN[C@H](C)c1ccco1. The molecular weight excluding hydrogens is 264 g/mol. The van der Waals surface area contributed by atoms with Gasteiger partial charge in [0, 0.05) is 5.69 Å². The summed E-state index contributed by atoms with van der Waals surface area (Å²) in [5, 5.41) is 6.11. The number of amides is 1. The highest BCUT2D eigenvalue weighted by Crippen LogP contribution is 2.23. The fourth-order valence-electron chi connectivity index (χ4n) is 2.19. The van der Waals surface area contributed by atoms with Gasteiger partial charge in [0.2, 0.25) is 5.91 Å². The zero-order chi connectivity index (χ0) is 15.2. The van der Waals surface area contributed by atoms with Crippen molar-refractivity contribution in [1.29, 1.82) is 0 Å². The van der Waals surface area contributed by atoms with Gasteiger partial charge in [-0.25, -0.2) is 0 Å². The van der Waals surface area contributed by atoms with Gasteiger partial charge in [-0.05, 0) is 36.6 Å². The Bertz CT molecular complexity index is 576. The van der Waals surface area contributed by atoms with Crippen LogP contribution in [0.4, 0.5) is 5.69 Å². The molecule has 2 rings (SSSR count). The monoisotopic (exact) mass is 286 g/mol. The van der Waals surface area contributed by atoms with Crippen LogP contribution in [-0.4, -0.2) is 12.5 Å². The standard InChI is InChI=1S/C17H22N2O2/c1-12(2)14-7-4-5-8-15(14)19-17(20)11-18-13(3)16-9-6-10-21-16/h4-10,12-13,18H,11H2,1-3H3,(H,19,20)/t13-/m1/s1. The van der Waals surface area contributed by atoms with Crippen molar-refractivity contribution >= 4 is 11.6 Å². The topological polar surface area (TPSA) is 54.3 Å². The molecule has 1 aromatic carbocycles. The van der Waals surface area contributed by atoms with Crippen LogP contribution in [0.1, 0.15) is 44.1 Å². The van der Waals surface area contributed by atoms with Crippen LogP contribution >= 0.6 is 0 Å². The number of carbonyl (C=O) groups is 1. The first-order valence-corrected chi connectivity index (χ1v) is 7.23. The number of nitrogens with one attached hydrogen (secondary N) is 2. The molecule has 0 aliphatic rings. The molecule has 0 saturated heterocycles. The number of anilines is 1. The number of para-hydroxylation sites is 1. The molecule has 2 N–H and O–H groups in total. The largest absolute Gasteiger partial charge is 0.468 e. The molecule has 4 heteroatoms. The van der Waals surface area contributed by atoms with Crippen LogP contribution in [0.15, 0.2) is 47.1 Å². The van der Waals surface area contributed by atoms with Gasteiger partial charge in [-0.3, -0.25) is 10.1 Å². The maximum Gasteiger partial charge on any atom is 0.238 e. The van der Waals surface area contributed by atoms with Gasteiger partial charge in [0.25, 0.3) is 0 Å². The maximum absolute atomic E-state index is 12.1. The zero-order valence-electron chi connectivity index (χ0n) is 12.7. The third-order valence-electron chi connectivity index (χ3n) is 3.40. The highest BCUT2D eigenvalue weighted by Gasteiger charge is 2.12. The summed E-state index contributed by atoms with van der Waals surface area (Å²) in [4.78, 5) is 12.1. The lowest BCUT2D eigenvalue weighted by atomic mass is 10.0. The average molecular weight is 286 g/mol. The molecule has 2 aromatic rings. The fourth-order valence-corrected chi connectivity index (χ4v) is 2.19. The van der Waals surface area contributed by atoms with E-state index in [-0.39, 0.29) is 18.5 Å². The minimum absolute atomic E-state index is 0.00564. The van der Waals surface area contributed by atoms with E-state index in [0.29, 0.717) is 5.92 Å². The van der Waals surface area contributed by atoms with Gasteiger partial charge in [0.1, 0.15) is 5.76 Å². The molecule has 1 atom stereocenters. The number of hydrogen-bond acceptors (Lipinski definition) is 3. The summed E-state index contributed by atoms with van der Waals surface area (Å²) < 4.78 is 5.30. The van der Waals surface area contributed by atoms with Crippen molar-refractivity contribution in [3.05, 3.63) is 54.0 Å². The average Bonchev–Trinajstić information content (AvgIpc) is 2.99. The van der Waals surface area contributed by atoms with Crippen molar-refractivity contribution in [3.8, 4) is 0 Å². The Balaban J connectivity index is 1.90. The Kier molecular flexibility index (Phi) is 5.17. The van der Waals surface area contributed by atoms with E-state index >= 15 is 0 Å². The van der Waals surface area contributed by atoms with Gasteiger partial charge in [-0.1, -0.05) is 32.0 Å². The molecule has 0 saturated carbocycles. The second kappa shape index (κ2) is 7.09. The molecule has 1 heterocycles. The third kappa shape index (κ3) is 4.20. The predicted octanol–water partition coefficient (Wildman–Crippen LogP) is 3.69. The van der Waals surface area contributed by atoms with Gasteiger partial charge in [0.15, 0.2) is 0 Å². The minimum atomic E-state index is -0.0542. The summed E-state index contributed by atoms with van der Waals surface area (Å²) in [6.07, 6.45) is 1.63. The second-order valence-corrected chi connectivity index (χ2v) is 5.41. The van der Waals surface area contributed by atoms with E-state index in [1.807, 2.05) is 43.3 Å². The maximum atomic E-state index is 12.1. The third-order valence-corrected chi connectivity index (χ3v) is 3.40. The van der Waals surface area contributed by atoms with Crippen molar-refractivity contribution < 1.29 is 9.21 Å². The number of benzene rings is 1. The lowest BCUT2D eigenvalue weighted by Crippen LogP contribution is -2.30. The van der Waals surface area contributed by atoms with Gasteiger partial charge in [0.05, 0.1) is 18.8 Å². The summed E-state index contributed by atoms with van der Waals surface area (Å²) in [6.45, 7) is 6.44. The van der Waals surface area contributed by atoms with Crippen molar-refractivity contribution in [1.82, 2.24) is 5.32 Å². The summed E-state index contributed by atoms with van der Waals surface area (Å²) in [5.41, 5.74) is 2.02. The van der Waals surface area contributed by atoms with Crippen LogP contribution in [0.3, 0.4) is 0 Å². The van der Waals surface area contributed by atoms with E-state index < -0.39 is 0 Å². The Hall–Kier alpha value is -2.07. The van der Waals surface area contributed by atoms with E-state index in [0.717, 1.165) is 17.0 Å². The fraction of sp³-hybridized carbons (Fsp3) is 0.353. The Morgan fingerprint density at radius 2 is 1.90 bits per heavy atom. The van der Waals surface area contributed by atoms with Crippen LogP contribution in [0, 0.1) is 0 Å². The molecule has 0 aliphatic heterocycles. The summed E-state index contributed by atoms with van der Waals surface area (Å²) in [6, 6.07) is 11.6. The first-order valence-electron chi connectivity index (χ1n) is 7.23. The highest BCUT2D eigenvalue weighted by atomic mass is 16.3. The highest BCUT2D eigenvalue weighted by molar-refractivity contribution is 5.93. The molecule has 0 fully saturated rings. The summed E-state index contributed by atoms with van der Waals surface area (Å²) in [7, 11) is 0. The molecule has 0 spiro atoms. The van der Waals surface area contributed by atoms with E-state index in [1.165, 1.54) is 0 Å². The van der Waals surface area contributed by atoms with Crippen molar-refractivity contribution in [2.45, 2.75) is 32.7 Å². The lowest BCUT2D eigenvalue weighted by Gasteiger charge is -2.15. The van der Waals surface area contributed by atoms with Crippen LogP contribution in [0.2, 0.25) is 0 Å². The van der Waals surface area contributed by atoms with E-state index in [1.54, 1.807) is 6.26 Å². The normalized spacial score (nSPS) is 12.4. The number of rotatable bonds is 6. The molecule has 1 aromatic heterocycles. The molecule has 4 nitrogen and oxygen atoms in total. The van der Waals surface area contributed by atoms with Crippen LogP contribution in [-0.2, 0) is 4.79 Å². The number of carbonyl (C=O) groups excluding carboxylic acids is 1. The molecule has 0 radical (unpaired) electrons. The molecule has 112 valence electrons. The van der Waals surface area contributed by atoms with Crippen molar-refractivity contribution in [2.75, 3.05) is 11.9 Å². The minimum Gasteiger partial charge on any atom is -0.468 e. The predicted molar refractivity (Wildman–Crippen MR) is 84.3 cm³/mol. The van der Waals surface area contributed by atoms with E-state index in [9.17, 15) is 4.79 Å². The molecule has 0 bridgehead atoms. The second-order valence-electron chi connectivity index (χ2n) is 5.41. The van der Waals surface area contributed by atoms with E-state index in [2.05, 4.69) is 24.5 Å². The number of hydrogen-bond donors (Lipinski definition) is 2. The van der Waals surface area contributed by atoms with E-state index in [4.69, 9.17) is 4.42 Å². The summed E-state index contributed by atoms with van der Waals surface area (Å²) in [5.74, 6) is 1.14. The zero-order valence-corrected chi connectivity index (χ0v) is 12.7. The Morgan fingerprint density at radius 3 is 2.57 bits per heavy atom. The van der Waals surface area contributed by atoms with Gasteiger partial charge in [-0.15, -0.1) is 0 Å². The molecular formula is C17H22N2O2. The molecule has 0 unspecified atom stereocenters. The van der Waals surface area contributed by atoms with Gasteiger partial charge < -0.3 is 9.73 Å².